The lowest BCUT2D eigenvalue weighted by molar-refractivity contribution is -0.123. The molecular weight excluding hydrogens is 304 g/mol. The van der Waals surface area contributed by atoms with Gasteiger partial charge >= 0.3 is 0 Å². The minimum Gasteiger partial charge on any atom is -0.481 e. The van der Waals surface area contributed by atoms with Crippen LogP contribution in [0.5, 0.6) is 5.88 Å². The second-order valence-corrected chi connectivity index (χ2v) is 7.25. The van der Waals surface area contributed by atoms with Crippen molar-refractivity contribution < 1.29 is 14.6 Å². The van der Waals surface area contributed by atoms with Crippen LogP contribution < -0.4 is 10.1 Å². The van der Waals surface area contributed by atoms with E-state index in [-0.39, 0.29) is 24.0 Å². The summed E-state index contributed by atoms with van der Waals surface area (Å²) in [4.78, 5) is 16.7. The number of pyridine rings is 1. The molecule has 1 aromatic rings. The standard InChI is InChI=1S/C19H28N2O3/c1-24-18-9-7-14(12-20-18)19(15-10-16(22)11-15)21-17(23)8-6-13-4-2-3-5-13/h7,9,12-13,15-16,19,22H,2-6,8,10-11H2,1H3,(H,21,23)/t15?,16?,19-/m1/s1. The number of rotatable bonds is 7. The van der Waals surface area contributed by atoms with Gasteiger partial charge in [-0.15, -0.1) is 0 Å². The molecule has 24 heavy (non-hydrogen) atoms. The van der Waals surface area contributed by atoms with Crippen molar-refractivity contribution in [1.82, 2.24) is 10.3 Å². The number of ether oxygens (including phenoxy) is 1. The zero-order chi connectivity index (χ0) is 16.9. The number of hydrogen-bond donors (Lipinski definition) is 2. The van der Waals surface area contributed by atoms with E-state index in [9.17, 15) is 9.90 Å². The monoisotopic (exact) mass is 332 g/mol. The molecule has 0 radical (unpaired) electrons. The molecule has 2 aliphatic rings. The maximum Gasteiger partial charge on any atom is 0.220 e. The third-order valence-corrected chi connectivity index (χ3v) is 5.52. The van der Waals surface area contributed by atoms with Gasteiger partial charge in [0.15, 0.2) is 0 Å². The molecule has 1 amide bonds. The van der Waals surface area contributed by atoms with E-state index in [1.54, 1.807) is 13.3 Å². The molecule has 5 nitrogen and oxygen atoms in total. The number of aliphatic hydroxyl groups is 1. The van der Waals surface area contributed by atoms with Crippen LogP contribution in [0.15, 0.2) is 18.3 Å². The van der Waals surface area contributed by atoms with Crippen LogP contribution in [0.3, 0.4) is 0 Å². The van der Waals surface area contributed by atoms with Gasteiger partial charge in [-0.1, -0.05) is 31.7 Å². The minimum absolute atomic E-state index is 0.0668. The molecule has 0 unspecified atom stereocenters. The van der Waals surface area contributed by atoms with Crippen LogP contribution in [0.25, 0.3) is 0 Å². The summed E-state index contributed by atoms with van der Waals surface area (Å²) in [6, 6.07) is 3.71. The highest BCUT2D eigenvalue weighted by Crippen LogP contribution is 2.38. The van der Waals surface area contributed by atoms with E-state index in [1.165, 1.54) is 25.7 Å². The van der Waals surface area contributed by atoms with E-state index in [0.717, 1.165) is 30.7 Å². The van der Waals surface area contributed by atoms with E-state index in [0.29, 0.717) is 12.3 Å². The average molecular weight is 332 g/mol. The molecule has 0 aromatic carbocycles. The third-order valence-electron chi connectivity index (χ3n) is 5.52. The van der Waals surface area contributed by atoms with Crippen molar-refractivity contribution in [2.45, 2.75) is 63.5 Å². The van der Waals surface area contributed by atoms with E-state index in [1.807, 2.05) is 12.1 Å². The summed E-state index contributed by atoms with van der Waals surface area (Å²) < 4.78 is 5.10. The Kier molecular flexibility index (Phi) is 5.72. The lowest BCUT2D eigenvalue weighted by Crippen LogP contribution is -2.41. The molecule has 132 valence electrons. The zero-order valence-corrected chi connectivity index (χ0v) is 14.4. The highest BCUT2D eigenvalue weighted by molar-refractivity contribution is 5.76. The molecule has 0 bridgehead atoms. The van der Waals surface area contributed by atoms with Gasteiger partial charge in [0.2, 0.25) is 11.8 Å². The quantitative estimate of drug-likeness (QED) is 0.805. The predicted octanol–water partition coefficient (Wildman–Crippen LogP) is 2.99. The zero-order valence-electron chi connectivity index (χ0n) is 14.4. The van der Waals surface area contributed by atoms with E-state index in [4.69, 9.17) is 4.74 Å². The molecule has 2 fully saturated rings. The largest absolute Gasteiger partial charge is 0.481 e. The maximum atomic E-state index is 12.4. The smallest absolute Gasteiger partial charge is 0.220 e. The molecule has 0 aliphatic heterocycles. The number of hydrogen-bond acceptors (Lipinski definition) is 4. The maximum absolute atomic E-state index is 12.4. The fourth-order valence-electron chi connectivity index (χ4n) is 3.95. The lowest BCUT2D eigenvalue weighted by atomic mass is 9.75. The van der Waals surface area contributed by atoms with E-state index in [2.05, 4.69) is 10.3 Å². The summed E-state index contributed by atoms with van der Waals surface area (Å²) in [7, 11) is 1.59. The SMILES string of the molecule is COc1ccc([C@@H](NC(=O)CCC2CCCC2)C2CC(O)C2)cn1. The van der Waals surface area contributed by atoms with Gasteiger partial charge in [0.05, 0.1) is 19.3 Å². The summed E-state index contributed by atoms with van der Waals surface area (Å²) >= 11 is 0. The molecule has 1 aromatic heterocycles. The second kappa shape index (κ2) is 7.97. The van der Waals surface area contributed by atoms with Crippen molar-refractivity contribution in [1.29, 1.82) is 0 Å². The van der Waals surface area contributed by atoms with Gasteiger partial charge in [0.1, 0.15) is 0 Å². The van der Waals surface area contributed by atoms with E-state index >= 15 is 0 Å². The van der Waals surface area contributed by atoms with Crippen LogP contribution in [0.4, 0.5) is 0 Å². The van der Waals surface area contributed by atoms with Gasteiger partial charge < -0.3 is 15.2 Å². The molecule has 1 atom stereocenters. The Morgan fingerprint density at radius 2 is 2.12 bits per heavy atom. The normalized spacial score (nSPS) is 25.1. The number of carbonyl (C=O) groups is 1. The average Bonchev–Trinajstić information content (AvgIpc) is 3.09. The molecule has 0 spiro atoms. The molecule has 0 saturated heterocycles. The van der Waals surface area contributed by atoms with Crippen molar-refractivity contribution in [2.75, 3.05) is 7.11 Å². The topological polar surface area (TPSA) is 71.5 Å². The second-order valence-electron chi connectivity index (χ2n) is 7.25. The fourth-order valence-corrected chi connectivity index (χ4v) is 3.95. The summed E-state index contributed by atoms with van der Waals surface area (Å²) in [5, 5.41) is 12.8. The molecule has 2 aliphatic carbocycles. The summed E-state index contributed by atoms with van der Waals surface area (Å²) in [6.45, 7) is 0. The van der Waals surface area contributed by atoms with Gasteiger partial charge in [-0.3, -0.25) is 4.79 Å². The van der Waals surface area contributed by atoms with Gasteiger partial charge in [-0.25, -0.2) is 4.98 Å². The Labute approximate surface area is 143 Å². The van der Waals surface area contributed by atoms with Crippen LogP contribution in [0.2, 0.25) is 0 Å². The first kappa shape index (κ1) is 17.2. The molecule has 1 heterocycles. The fraction of sp³-hybridized carbons (Fsp3) is 0.684. The number of aromatic nitrogens is 1. The highest BCUT2D eigenvalue weighted by atomic mass is 16.5. The summed E-state index contributed by atoms with van der Waals surface area (Å²) in [5.74, 6) is 1.69. The number of amides is 1. The Morgan fingerprint density at radius 1 is 1.38 bits per heavy atom. The van der Waals surface area contributed by atoms with Crippen molar-refractivity contribution >= 4 is 5.91 Å². The van der Waals surface area contributed by atoms with Gasteiger partial charge in [0, 0.05) is 18.7 Å². The van der Waals surface area contributed by atoms with Crippen molar-refractivity contribution in [3.05, 3.63) is 23.9 Å². The van der Waals surface area contributed by atoms with Crippen LogP contribution in [0, 0.1) is 11.8 Å². The van der Waals surface area contributed by atoms with Gasteiger partial charge in [-0.2, -0.15) is 0 Å². The number of carbonyl (C=O) groups excluding carboxylic acids is 1. The predicted molar refractivity (Wildman–Crippen MR) is 91.6 cm³/mol. The first-order valence-corrected chi connectivity index (χ1v) is 9.13. The number of nitrogens with zero attached hydrogens (tertiary/aromatic N) is 1. The Hall–Kier alpha value is -1.62. The van der Waals surface area contributed by atoms with Crippen molar-refractivity contribution in [3.63, 3.8) is 0 Å². The number of aliphatic hydroxyl groups excluding tert-OH is 1. The first-order valence-electron chi connectivity index (χ1n) is 9.13. The lowest BCUT2D eigenvalue weighted by Gasteiger charge is -2.38. The van der Waals surface area contributed by atoms with Crippen LogP contribution >= 0.6 is 0 Å². The first-order chi connectivity index (χ1) is 11.7. The molecular formula is C19H28N2O3. The van der Waals surface area contributed by atoms with Crippen LogP contribution in [-0.2, 0) is 4.79 Å². The summed E-state index contributed by atoms with van der Waals surface area (Å²) in [5.41, 5.74) is 0.988. The van der Waals surface area contributed by atoms with Crippen molar-refractivity contribution in [3.8, 4) is 5.88 Å². The molecule has 5 heteroatoms. The molecule has 2 N–H and O–H groups in total. The van der Waals surface area contributed by atoms with Gasteiger partial charge in [0.25, 0.3) is 0 Å². The number of nitrogens with one attached hydrogen (secondary N) is 1. The Morgan fingerprint density at radius 3 is 2.71 bits per heavy atom. The van der Waals surface area contributed by atoms with Crippen molar-refractivity contribution in [2.24, 2.45) is 11.8 Å². The minimum atomic E-state index is -0.237. The molecule has 3 rings (SSSR count). The van der Waals surface area contributed by atoms with Gasteiger partial charge in [-0.05, 0) is 36.7 Å². The Balaban J connectivity index is 1.59. The highest BCUT2D eigenvalue weighted by Gasteiger charge is 2.35. The van der Waals surface area contributed by atoms with Crippen LogP contribution in [0.1, 0.15) is 63.0 Å². The third kappa shape index (κ3) is 4.26. The molecule has 2 saturated carbocycles. The Bertz CT molecular complexity index is 534. The van der Waals surface area contributed by atoms with Crippen LogP contribution in [-0.4, -0.2) is 29.2 Å². The van der Waals surface area contributed by atoms with E-state index < -0.39 is 0 Å². The number of methoxy groups -OCH3 is 1. The summed E-state index contributed by atoms with van der Waals surface area (Å²) in [6.07, 6.45) is 9.76.